The molecule has 0 aliphatic carbocycles. The van der Waals surface area contributed by atoms with E-state index in [1.807, 2.05) is 26.0 Å². The number of rotatable bonds is 6. The Labute approximate surface area is 131 Å². The molecule has 0 unspecified atom stereocenters. The highest BCUT2D eigenvalue weighted by Crippen LogP contribution is 2.14. The molecule has 0 fully saturated rings. The first-order valence-electron chi connectivity index (χ1n) is 6.85. The maximum atomic E-state index is 12.0. The molecular formula is C15H22ClNO3S. The molecule has 118 valence electrons. The fraction of sp³-hybridized carbons (Fsp3) is 0.533. The van der Waals surface area contributed by atoms with E-state index in [4.69, 9.17) is 11.6 Å². The third kappa shape index (κ3) is 5.67. The van der Waals surface area contributed by atoms with Crippen LogP contribution in [-0.4, -0.2) is 31.9 Å². The van der Waals surface area contributed by atoms with E-state index >= 15 is 0 Å². The number of carbonyl (C=O) groups excluding carboxylic acids is 1. The number of amides is 1. The van der Waals surface area contributed by atoms with Crippen molar-refractivity contribution in [3.63, 3.8) is 0 Å². The fourth-order valence-electron chi connectivity index (χ4n) is 1.82. The van der Waals surface area contributed by atoms with Gasteiger partial charge in [-0.25, -0.2) is 8.42 Å². The molecule has 0 heterocycles. The monoisotopic (exact) mass is 331 g/mol. The van der Waals surface area contributed by atoms with E-state index in [2.05, 4.69) is 5.32 Å². The summed E-state index contributed by atoms with van der Waals surface area (Å²) in [6, 6.07) is 7.29. The summed E-state index contributed by atoms with van der Waals surface area (Å²) in [5.41, 5.74) is 1.05. The second-order valence-electron chi connectivity index (χ2n) is 5.66. The average Bonchev–Trinajstić information content (AvgIpc) is 2.38. The van der Waals surface area contributed by atoms with Crippen molar-refractivity contribution >= 4 is 27.3 Å². The van der Waals surface area contributed by atoms with Gasteiger partial charge in [-0.1, -0.05) is 37.6 Å². The Kier molecular flexibility index (Phi) is 6.23. The van der Waals surface area contributed by atoms with Crippen molar-refractivity contribution in [3.8, 4) is 0 Å². The summed E-state index contributed by atoms with van der Waals surface area (Å²) in [6.07, 6.45) is 1.71. The zero-order chi connectivity index (χ0) is 16.2. The van der Waals surface area contributed by atoms with Gasteiger partial charge in [-0.05, 0) is 37.0 Å². The Balaban J connectivity index is 2.79. The molecule has 1 amide bonds. The number of carbonyl (C=O) groups is 1. The smallest absolute Gasteiger partial charge is 0.238 e. The van der Waals surface area contributed by atoms with Crippen LogP contribution in [0.25, 0.3) is 0 Å². The van der Waals surface area contributed by atoms with Crippen LogP contribution in [0.3, 0.4) is 0 Å². The number of nitrogens with one attached hydrogen (secondary N) is 1. The lowest BCUT2D eigenvalue weighted by molar-refractivity contribution is -0.121. The molecule has 2 atom stereocenters. The van der Waals surface area contributed by atoms with Gasteiger partial charge in [0.15, 0.2) is 9.84 Å². The minimum Gasteiger partial charge on any atom is -0.352 e. The second kappa shape index (κ2) is 7.27. The quantitative estimate of drug-likeness (QED) is 0.871. The summed E-state index contributed by atoms with van der Waals surface area (Å²) in [6.45, 7) is 5.39. The van der Waals surface area contributed by atoms with Crippen LogP contribution in [0.1, 0.15) is 26.3 Å². The summed E-state index contributed by atoms with van der Waals surface area (Å²) in [4.78, 5) is 12.0. The highest BCUT2D eigenvalue weighted by Gasteiger charge is 2.26. The lowest BCUT2D eigenvalue weighted by Gasteiger charge is -2.24. The largest absolute Gasteiger partial charge is 0.352 e. The Bertz CT molecular complexity index is 581. The molecule has 0 aromatic heterocycles. The highest BCUT2D eigenvalue weighted by atomic mass is 35.5. The zero-order valence-corrected chi connectivity index (χ0v) is 14.3. The molecule has 4 nitrogen and oxygen atoms in total. The van der Waals surface area contributed by atoms with Crippen molar-refractivity contribution < 1.29 is 13.2 Å². The van der Waals surface area contributed by atoms with E-state index in [1.54, 1.807) is 12.1 Å². The van der Waals surface area contributed by atoms with E-state index in [1.165, 1.54) is 6.92 Å². The first-order valence-corrected chi connectivity index (χ1v) is 9.18. The third-order valence-electron chi connectivity index (χ3n) is 3.51. The first kappa shape index (κ1) is 18.0. The summed E-state index contributed by atoms with van der Waals surface area (Å²) in [7, 11) is -3.38. The molecule has 1 N–H and O–H groups in total. The van der Waals surface area contributed by atoms with Crippen molar-refractivity contribution in [2.75, 3.05) is 6.26 Å². The molecule has 0 bridgehead atoms. The van der Waals surface area contributed by atoms with Gasteiger partial charge in [-0.3, -0.25) is 4.79 Å². The average molecular weight is 332 g/mol. The standard InChI is InChI=1S/C15H22ClNO3S/c1-10(2)14(9-12-5-7-13(16)8-6-12)17-15(18)11(3)21(4,19)20/h5-8,10-11,14H,9H2,1-4H3,(H,17,18)/t11-,14+/m0/s1. The molecule has 0 saturated heterocycles. The number of halogens is 1. The van der Waals surface area contributed by atoms with Crippen LogP contribution >= 0.6 is 11.6 Å². The van der Waals surface area contributed by atoms with Gasteiger partial charge >= 0.3 is 0 Å². The van der Waals surface area contributed by atoms with E-state index in [0.29, 0.717) is 11.4 Å². The minimum absolute atomic E-state index is 0.122. The van der Waals surface area contributed by atoms with Gasteiger partial charge in [-0.15, -0.1) is 0 Å². The van der Waals surface area contributed by atoms with E-state index < -0.39 is 21.0 Å². The molecule has 0 spiro atoms. The summed E-state index contributed by atoms with van der Waals surface area (Å²) >= 11 is 5.85. The van der Waals surface area contributed by atoms with Crippen LogP contribution in [0.4, 0.5) is 0 Å². The van der Waals surface area contributed by atoms with Crippen LogP contribution in [0.15, 0.2) is 24.3 Å². The Morgan fingerprint density at radius 2 is 1.71 bits per heavy atom. The van der Waals surface area contributed by atoms with Gasteiger partial charge < -0.3 is 5.32 Å². The zero-order valence-electron chi connectivity index (χ0n) is 12.8. The lowest BCUT2D eigenvalue weighted by Crippen LogP contribution is -2.46. The molecule has 6 heteroatoms. The van der Waals surface area contributed by atoms with Gasteiger partial charge in [0, 0.05) is 17.3 Å². The SMILES string of the molecule is CC(C)[C@@H](Cc1ccc(Cl)cc1)NC(=O)[C@H](C)S(C)(=O)=O. The topological polar surface area (TPSA) is 63.2 Å². The number of sulfone groups is 1. The predicted molar refractivity (Wildman–Crippen MR) is 86.2 cm³/mol. The van der Waals surface area contributed by atoms with Crippen LogP contribution in [0.5, 0.6) is 0 Å². The van der Waals surface area contributed by atoms with Crippen LogP contribution in [0, 0.1) is 5.92 Å². The van der Waals surface area contributed by atoms with Crippen molar-refractivity contribution in [1.29, 1.82) is 0 Å². The van der Waals surface area contributed by atoms with Gasteiger partial charge in [0.05, 0.1) is 0 Å². The van der Waals surface area contributed by atoms with Crippen LogP contribution in [-0.2, 0) is 21.1 Å². The molecule has 0 radical (unpaired) electrons. The molecular weight excluding hydrogens is 310 g/mol. The minimum atomic E-state index is -3.38. The fourth-order valence-corrected chi connectivity index (χ4v) is 2.41. The molecule has 1 aromatic carbocycles. The number of hydrogen-bond donors (Lipinski definition) is 1. The lowest BCUT2D eigenvalue weighted by atomic mass is 9.96. The molecule has 1 aromatic rings. The maximum absolute atomic E-state index is 12.0. The van der Waals surface area contributed by atoms with Crippen molar-refractivity contribution in [3.05, 3.63) is 34.9 Å². The Morgan fingerprint density at radius 1 is 1.19 bits per heavy atom. The van der Waals surface area contributed by atoms with Crippen molar-refractivity contribution in [2.45, 2.75) is 38.5 Å². The summed E-state index contributed by atoms with van der Waals surface area (Å²) in [5, 5.41) is 2.46. The number of benzene rings is 1. The maximum Gasteiger partial charge on any atom is 0.238 e. The van der Waals surface area contributed by atoms with Crippen molar-refractivity contribution in [1.82, 2.24) is 5.32 Å². The van der Waals surface area contributed by atoms with Crippen molar-refractivity contribution in [2.24, 2.45) is 5.92 Å². The van der Waals surface area contributed by atoms with Gasteiger partial charge in [0.1, 0.15) is 5.25 Å². The molecule has 1 rings (SSSR count). The molecule has 21 heavy (non-hydrogen) atoms. The summed E-state index contributed by atoms with van der Waals surface area (Å²) < 4.78 is 22.9. The van der Waals surface area contributed by atoms with E-state index in [0.717, 1.165) is 11.8 Å². The normalized spacial score (nSPS) is 14.8. The highest BCUT2D eigenvalue weighted by molar-refractivity contribution is 7.92. The summed E-state index contributed by atoms with van der Waals surface area (Å²) in [5.74, 6) is -0.262. The van der Waals surface area contributed by atoms with Crippen LogP contribution in [0.2, 0.25) is 5.02 Å². The molecule has 0 aliphatic heterocycles. The first-order chi connectivity index (χ1) is 9.61. The Morgan fingerprint density at radius 3 is 2.14 bits per heavy atom. The molecule has 0 aliphatic rings. The third-order valence-corrected chi connectivity index (χ3v) is 5.26. The predicted octanol–water partition coefficient (Wildman–Crippen LogP) is 2.46. The molecule has 0 saturated carbocycles. The van der Waals surface area contributed by atoms with Gasteiger partial charge in [0.2, 0.25) is 5.91 Å². The van der Waals surface area contributed by atoms with E-state index in [9.17, 15) is 13.2 Å². The van der Waals surface area contributed by atoms with Gasteiger partial charge in [-0.2, -0.15) is 0 Å². The number of hydrogen-bond acceptors (Lipinski definition) is 3. The Hall–Kier alpha value is -1.07. The van der Waals surface area contributed by atoms with E-state index in [-0.39, 0.29) is 12.0 Å². The van der Waals surface area contributed by atoms with Gasteiger partial charge in [0.25, 0.3) is 0 Å². The second-order valence-corrected chi connectivity index (χ2v) is 8.46. The van der Waals surface area contributed by atoms with Crippen LogP contribution < -0.4 is 5.32 Å².